The fourth-order valence-corrected chi connectivity index (χ4v) is 2.93. The molecule has 106 valence electrons. The molecule has 1 heterocycles. The summed E-state index contributed by atoms with van der Waals surface area (Å²) in [6, 6.07) is 11.5. The van der Waals surface area contributed by atoms with Crippen LogP contribution in [0.5, 0.6) is 0 Å². The maximum absolute atomic E-state index is 11.8. The summed E-state index contributed by atoms with van der Waals surface area (Å²) in [6.07, 6.45) is 1.17. The van der Waals surface area contributed by atoms with Gasteiger partial charge in [0.25, 0.3) is 0 Å². The molecule has 1 aromatic carbocycles. The summed E-state index contributed by atoms with van der Waals surface area (Å²) >= 11 is 7.42. The van der Waals surface area contributed by atoms with Gasteiger partial charge in [-0.25, -0.2) is 0 Å². The number of aryl methyl sites for hydroxylation is 1. The van der Waals surface area contributed by atoms with Gasteiger partial charge >= 0.3 is 0 Å². The Balaban J connectivity index is 1.72. The molecule has 0 aliphatic rings. The number of hydrogen-bond acceptors (Lipinski definition) is 3. The van der Waals surface area contributed by atoms with E-state index in [9.17, 15) is 4.79 Å². The number of thiophene rings is 1. The first-order chi connectivity index (χ1) is 9.65. The van der Waals surface area contributed by atoms with E-state index in [1.165, 1.54) is 0 Å². The first-order valence-corrected chi connectivity index (χ1v) is 7.71. The van der Waals surface area contributed by atoms with Crippen molar-refractivity contribution in [3.8, 4) is 0 Å². The average molecular weight is 309 g/mol. The van der Waals surface area contributed by atoms with Gasteiger partial charge in [0.2, 0.25) is 5.91 Å². The largest absolute Gasteiger partial charge is 0.354 e. The quantitative estimate of drug-likeness (QED) is 0.861. The summed E-state index contributed by atoms with van der Waals surface area (Å²) in [4.78, 5) is 12.9. The van der Waals surface area contributed by atoms with Crippen LogP contribution in [-0.4, -0.2) is 12.5 Å². The number of halogens is 1. The minimum Gasteiger partial charge on any atom is -0.354 e. The Morgan fingerprint density at radius 3 is 2.75 bits per heavy atom. The van der Waals surface area contributed by atoms with Crippen molar-refractivity contribution >= 4 is 28.8 Å². The first kappa shape index (κ1) is 15.0. The third-order valence-electron chi connectivity index (χ3n) is 2.97. The Bertz CT molecular complexity index is 556. The van der Waals surface area contributed by atoms with Crippen molar-refractivity contribution in [3.05, 3.63) is 57.2 Å². The zero-order valence-corrected chi connectivity index (χ0v) is 12.6. The van der Waals surface area contributed by atoms with Crippen LogP contribution in [-0.2, 0) is 11.2 Å². The van der Waals surface area contributed by atoms with Crippen LogP contribution < -0.4 is 11.1 Å². The van der Waals surface area contributed by atoms with Crippen LogP contribution in [0.4, 0.5) is 0 Å². The van der Waals surface area contributed by atoms with Crippen LogP contribution in [0.2, 0.25) is 5.02 Å². The highest BCUT2D eigenvalue weighted by atomic mass is 35.5. The Morgan fingerprint density at radius 2 is 2.10 bits per heavy atom. The van der Waals surface area contributed by atoms with E-state index in [1.807, 2.05) is 41.8 Å². The molecule has 0 radical (unpaired) electrons. The Morgan fingerprint density at radius 1 is 1.35 bits per heavy atom. The lowest BCUT2D eigenvalue weighted by molar-refractivity contribution is -0.121. The van der Waals surface area contributed by atoms with Crippen LogP contribution in [0, 0.1) is 0 Å². The molecule has 0 aliphatic carbocycles. The molecule has 1 amide bonds. The minimum absolute atomic E-state index is 0.0147. The molecule has 2 rings (SSSR count). The maximum atomic E-state index is 11.8. The van der Waals surface area contributed by atoms with E-state index in [-0.39, 0.29) is 11.9 Å². The Labute approximate surface area is 127 Å². The number of amides is 1. The van der Waals surface area contributed by atoms with Gasteiger partial charge in [0.15, 0.2) is 0 Å². The molecule has 3 nitrogen and oxygen atoms in total. The normalized spacial score (nSPS) is 12.1. The molecule has 0 spiro atoms. The molecule has 1 unspecified atom stereocenters. The highest BCUT2D eigenvalue weighted by molar-refractivity contribution is 7.10. The van der Waals surface area contributed by atoms with E-state index in [0.29, 0.717) is 19.4 Å². The van der Waals surface area contributed by atoms with Gasteiger partial charge in [-0.2, -0.15) is 0 Å². The van der Waals surface area contributed by atoms with Gasteiger partial charge in [-0.05, 0) is 18.1 Å². The maximum Gasteiger partial charge on any atom is 0.220 e. The van der Waals surface area contributed by atoms with Gasteiger partial charge in [0, 0.05) is 29.3 Å². The van der Waals surface area contributed by atoms with Crippen molar-refractivity contribution in [1.29, 1.82) is 0 Å². The number of nitrogens with one attached hydrogen (secondary N) is 1. The van der Waals surface area contributed by atoms with Gasteiger partial charge in [-0.1, -0.05) is 41.9 Å². The molecule has 0 saturated heterocycles. The molecule has 20 heavy (non-hydrogen) atoms. The Kier molecular flexibility index (Phi) is 5.59. The van der Waals surface area contributed by atoms with Crippen molar-refractivity contribution in [1.82, 2.24) is 5.32 Å². The number of rotatable bonds is 6. The second-order valence-corrected chi connectivity index (χ2v) is 5.98. The Hall–Kier alpha value is -1.36. The number of nitrogens with two attached hydrogens (primary N) is 1. The summed E-state index contributed by atoms with van der Waals surface area (Å²) in [5, 5.41) is 5.47. The number of carbonyl (C=O) groups is 1. The number of carbonyl (C=O) groups excluding carboxylic acids is 1. The van der Waals surface area contributed by atoms with Crippen LogP contribution >= 0.6 is 22.9 Å². The van der Waals surface area contributed by atoms with E-state index in [0.717, 1.165) is 15.5 Å². The second kappa shape index (κ2) is 7.43. The molecule has 0 saturated carbocycles. The lowest BCUT2D eigenvalue weighted by Crippen LogP contribution is -2.31. The predicted molar refractivity (Wildman–Crippen MR) is 84.0 cm³/mol. The van der Waals surface area contributed by atoms with Crippen molar-refractivity contribution in [2.75, 3.05) is 6.54 Å². The van der Waals surface area contributed by atoms with E-state index < -0.39 is 0 Å². The van der Waals surface area contributed by atoms with Crippen molar-refractivity contribution < 1.29 is 4.79 Å². The van der Waals surface area contributed by atoms with Crippen molar-refractivity contribution in [2.45, 2.75) is 18.9 Å². The van der Waals surface area contributed by atoms with Gasteiger partial charge in [-0.15, -0.1) is 11.3 Å². The standard InChI is InChI=1S/C15H17ClN2OS/c16-12-8-13(20-10-12)6-7-15(19)18-9-14(17)11-4-2-1-3-5-11/h1-5,8,10,14H,6-7,9,17H2,(H,18,19). The summed E-state index contributed by atoms with van der Waals surface area (Å²) in [5.41, 5.74) is 7.05. The summed E-state index contributed by atoms with van der Waals surface area (Å²) in [5.74, 6) is 0.0147. The van der Waals surface area contributed by atoms with Gasteiger partial charge < -0.3 is 11.1 Å². The monoisotopic (exact) mass is 308 g/mol. The van der Waals surface area contributed by atoms with E-state index in [1.54, 1.807) is 11.3 Å². The molecule has 3 N–H and O–H groups in total. The van der Waals surface area contributed by atoms with E-state index in [4.69, 9.17) is 17.3 Å². The van der Waals surface area contributed by atoms with Gasteiger partial charge in [-0.3, -0.25) is 4.79 Å². The van der Waals surface area contributed by atoms with E-state index in [2.05, 4.69) is 5.32 Å². The third kappa shape index (κ3) is 4.63. The van der Waals surface area contributed by atoms with Crippen molar-refractivity contribution in [3.63, 3.8) is 0 Å². The molecule has 0 aliphatic heterocycles. The summed E-state index contributed by atoms with van der Waals surface area (Å²) in [6.45, 7) is 0.452. The topological polar surface area (TPSA) is 55.1 Å². The van der Waals surface area contributed by atoms with E-state index >= 15 is 0 Å². The fourth-order valence-electron chi connectivity index (χ4n) is 1.85. The average Bonchev–Trinajstić information content (AvgIpc) is 2.89. The fraction of sp³-hybridized carbons (Fsp3) is 0.267. The lowest BCUT2D eigenvalue weighted by Gasteiger charge is -2.13. The molecule has 1 atom stereocenters. The highest BCUT2D eigenvalue weighted by Gasteiger charge is 2.08. The molecule has 1 aromatic heterocycles. The zero-order valence-electron chi connectivity index (χ0n) is 11.0. The summed E-state index contributed by atoms with van der Waals surface area (Å²) in [7, 11) is 0. The van der Waals surface area contributed by atoms with Crippen LogP contribution in [0.3, 0.4) is 0 Å². The molecular formula is C15H17ClN2OS. The summed E-state index contributed by atoms with van der Waals surface area (Å²) < 4.78 is 0. The van der Waals surface area contributed by atoms with Gasteiger partial charge in [0.05, 0.1) is 5.02 Å². The predicted octanol–water partition coefficient (Wildman–Crippen LogP) is 3.15. The molecule has 5 heteroatoms. The molecule has 0 fully saturated rings. The second-order valence-electron chi connectivity index (χ2n) is 4.55. The molecule has 0 bridgehead atoms. The number of benzene rings is 1. The molecular weight excluding hydrogens is 292 g/mol. The van der Waals surface area contributed by atoms with Crippen LogP contribution in [0.15, 0.2) is 41.8 Å². The SMILES string of the molecule is NC(CNC(=O)CCc1cc(Cl)cs1)c1ccccc1. The number of hydrogen-bond donors (Lipinski definition) is 2. The minimum atomic E-state index is -0.170. The lowest BCUT2D eigenvalue weighted by atomic mass is 10.1. The van der Waals surface area contributed by atoms with Crippen molar-refractivity contribution in [2.24, 2.45) is 5.73 Å². The smallest absolute Gasteiger partial charge is 0.220 e. The molecule has 2 aromatic rings. The van der Waals surface area contributed by atoms with Crippen LogP contribution in [0.1, 0.15) is 22.9 Å². The van der Waals surface area contributed by atoms with Crippen LogP contribution in [0.25, 0.3) is 0 Å². The first-order valence-electron chi connectivity index (χ1n) is 6.45. The highest BCUT2D eigenvalue weighted by Crippen LogP contribution is 2.20. The van der Waals surface area contributed by atoms with Gasteiger partial charge in [0.1, 0.15) is 0 Å². The third-order valence-corrected chi connectivity index (χ3v) is 4.31. The zero-order chi connectivity index (χ0) is 14.4.